The van der Waals surface area contributed by atoms with Crippen molar-refractivity contribution in [3.8, 4) is 0 Å². The average Bonchev–Trinajstić information content (AvgIpc) is 2.16. The van der Waals surface area contributed by atoms with Gasteiger partial charge in [-0.1, -0.05) is 52.4 Å². The third-order valence-electron chi connectivity index (χ3n) is 1.32. The molecule has 0 atom stereocenters. The Kier molecular flexibility index (Phi) is 7.84. The summed E-state index contributed by atoms with van der Waals surface area (Å²) in [6.07, 6.45) is 12.1. The van der Waals surface area contributed by atoms with Crippen molar-refractivity contribution in [1.82, 2.24) is 0 Å². The van der Waals surface area contributed by atoms with Gasteiger partial charge in [-0.25, -0.2) is 4.79 Å². The molecule has 0 spiro atoms. The minimum atomic E-state index is -0.936. The van der Waals surface area contributed by atoms with Crippen LogP contribution < -0.4 is 0 Å². The molecule has 0 heterocycles. The summed E-state index contributed by atoms with van der Waals surface area (Å²) < 4.78 is 0. The van der Waals surface area contributed by atoms with Crippen molar-refractivity contribution in [2.24, 2.45) is 0 Å². The molecule has 1 N–H and O–H groups in total. The molecule has 0 fully saturated rings. The highest BCUT2D eigenvalue weighted by Crippen LogP contribution is 2.02. The van der Waals surface area contributed by atoms with Crippen LogP contribution in [0.25, 0.3) is 0 Å². The summed E-state index contributed by atoms with van der Waals surface area (Å²) >= 11 is 3.27. The Morgan fingerprint density at radius 2 is 2.00 bits per heavy atom. The first-order valence-electron chi connectivity index (χ1n) is 4.16. The number of aliphatic carboxylic acids is 1. The van der Waals surface area contributed by atoms with Crippen molar-refractivity contribution in [3.63, 3.8) is 0 Å². The molecule has 2 nitrogen and oxygen atoms in total. The maximum Gasteiger partial charge on any atom is 0.328 e. The summed E-state index contributed by atoms with van der Waals surface area (Å²) in [6, 6.07) is 0. The summed E-state index contributed by atoms with van der Waals surface area (Å²) in [4.78, 5) is 10.2. The minimum absolute atomic E-state index is 0.636. The Hall–Kier alpha value is -1.09. The third-order valence-corrected chi connectivity index (χ3v) is 1.97. The van der Waals surface area contributed by atoms with E-state index in [2.05, 4.69) is 15.9 Å². The molecule has 0 saturated carbocycles. The van der Waals surface area contributed by atoms with E-state index in [-0.39, 0.29) is 0 Å². The molecule has 0 aliphatic heterocycles. The summed E-state index contributed by atoms with van der Waals surface area (Å²) in [5.41, 5.74) is 0.910. The maximum absolute atomic E-state index is 10.2. The largest absolute Gasteiger partial charge is 0.478 e. The van der Waals surface area contributed by atoms with Gasteiger partial charge < -0.3 is 5.11 Å². The van der Waals surface area contributed by atoms with E-state index < -0.39 is 5.97 Å². The molecule has 0 amide bonds. The lowest BCUT2D eigenvalue weighted by molar-refractivity contribution is -0.131. The fourth-order valence-corrected chi connectivity index (χ4v) is 1.05. The molecule has 0 rings (SSSR count). The average molecular weight is 257 g/mol. The molecule has 0 aliphatic rings. The quantitative estimate of drug-likeness (QED) is 0.467. The van der Waals surface area contributed by atoms with Crippen LogP contribution in [0.3, 0.4) is 0 Å². The van der Waals surface area contributed by atoms with Crippen molar-refractivity contribution in [2.75, 3.05) is 5.33 Å². The van der Waals surface area contributed by atoms with Gasteiger partial charge in [0.05, 0.1) is 0 Å². The standard InChI is InChI=1S/C11H13BrO2/c1-2-3-4-5-6-10(9-12)7-8-11(13)14/h2-8H,9H2,1H3,(H,13,14)/b3-2-,5-4-,8-7+,10-6+. The van der Waals surface area contributed by atoms with Gasteiger partial charge in [0.2, 0.25) is 0 Å². The Morgan fingerprint density at radius 3 is 2.50 bits per heavy atom. The van der Waals surface area contributed by atoms with Crippen LogP contribution >= 0.6 is 15.9 Å². The molecule has 0 aromatic heterocycles. The van der Waals surface area contributed by atoms with Crippen LogP contribution in [0.15, 0.2) is 48.1 Å². The second-order valence-electron chi connectivity index (χ2n) is 2.46. The monoisotopic (exact) mass is 256 g/mol. The second kappa shape index (κ2) is 8.51. The first-order valence-corrected chi connectivity index (χ1v) is 5.28. The molecule has 0 aliphatic carbocycles. The number of allylic oxidation sites excluding steroid dienone is 7. The lowest BCUT2D eigenvalue weighted by Gasteiger charge is -1.91. The van der Waals surface area contributed by atoms with Gasteiger partial charge >= 0.3 is 5.97 Å². The zero-order chi connectivity index (χ0) is 10.8. The van der Waals surface area contributed by atoms with Crippen LogP contribution in [0, 0.1) is 0 Å². The van der Waals surface area contributed by atoms with Crippen molar-refractivity contribution >= 4 is 21.9 Å². The van der Waals surface area contributed by atoms with Crippen LogP contribution in [0.1, 0.15) is 6.92 Å². The van der Waals surface area contributed by atoms with Crippen LogP contribution in [0.4, 0.5) is 0 Å². The fourth-order valence-electron chi connectivity index (χ4n) is 0.677. The number of carboxylic acid groups (broad SMARTS) is 1. The normalized spacial score (nSPS) is 13.4. The highest BCUT2D eigenvalue weighted by Gasteiger charge is 1.89. The Morgan fingerprint density at radius 1 is 1.29 bits per heavy atom. The Labute approximate surface area is 92.5 Å². The van der Waals surface area contributed by atoms with Gasteiger partial charge in [-0.2, -0.15) is 0 Å². The molecule has 0 radical (unpaired) electrons. The van der Waals surface area contributed by atoms with Crippen molar-refractivity contribution < 1.29 is 9.90 Å². The topological polar surface area (TPSA) is 37.3 Å². The minimum Gasteiger partial charge on any atom is -0.478 e. The van der Waals surface area contributed by atoms with E-state index in [0.717, 1.165) is 11.6 Å². The van der Waals surface area contributed by atoms with Gasteiger partial charge in [-0.05, 0) is 12.5 Å². The smallest absolute Gasteiger partial charge is 0.328 e. The van der Waals surface area contributed by atoms with Gasteiger partial charge in [-0.15, -0.1) is 0 Å². The molecule has 76 valence electrons. The van der Waals surface area contributed by atoms with Crippen LogP contribution in [0.5, 0.6) is 0 Å². The third kappa shape index (κ3) is 7.55. The van der Waals surface area contributed by atoms with Crippen LogP contribution in [0.2, 0.25) is 0 Å². The van der Waals surface area contributed by atoms with Crippen molar-refractivity contribution in [1.29, 1.82) is 0 Å². The number of hydrogen-bond acceptors (Lipinski definition) is 1. The molecule has 0 unspecified atom stereocenters. The predicted molar refractivity (Wildman–Crippen MR) is 62.6 cm³/mol. The van der Waals surface area contributed by atoms with Gasteiger partial charge in [0.15, 0.2) is 0 Å². The number of carbonyl (C=O) groups is 1. The van der Waals surface area contributed by atoms with Crippen LogP contribution in [-0.2, 0) is 4.79 Å². The molecule has 0 aromatic carbocycles. The van der Waals surface area contributed by atoms with Gasteiger partial charge in [0.1, 0.15) is 0 Å². The van der Waals surface area contributed by atoms with Gasteiger partial charge in [0.25, 0.3) is 0 Å². The Bertz CT molecular complexity index is 286. The van der Waals surface area contributed by atoms with E-state index in [9.17, 15) is 4.79 Å². The lowest BCUT2D eigenvalue weighted by atomic mass is 10.2. The lowest BCUT2D eigenvalue weighted by Crippen LogP contribution is -1.87. The van der Waals surface area contributed by atoms with Gasteiger partial charge in [0, 0.05) is 11.4 Å². The zero-order valence-electron chi connectivity index (χ0n) is 7.98. The molecule has 3 heteroatoms. The fraction of sp³-hybridized carbons (Fsp3) is 0.182. The van der Waals surface area contributed by atoms with E-state index in [4.69, 9.17) is 5.11 Å². The van der Waals surface area contributed by atoms with E-state index in [1.165, 1.54) is 0 Å². The highest BCUT2D eigenvalue weighted by atomic mass is 79.9. The molecular formula is C11H13BrO2. The zero-order valence-corrected chi connectivity index (χ0v) is 9.57. The van der Waals surface area contributed by atoms with E-state index in [1.807, 2.05) is 37.3 Å². The number of halogens is 1. The number of hydrogen-bond donors (Lipinski definition) is 1. The number of rotatable bonds is 5. The first kappa shape index (κ1) is 12.9. The SMILES string of the molecule is C\C=C/C=C\C=C(/C=C/C(=O)O)CBr. The molecule has 0 aromatic rings. The van der Waals surface area contributed by atoms with E-state index in [0.29, 0.717) is 5.33 Å². The molecule has 0 saturated heterocycles. The molecule has 0 bridgehead atoms. The Balaban J connectivity index is 4.32. The first-order chi connectivity index (χ1) is 6.70. The summed E-state index contributed by atoms with van der Waals surface area (Å²) in [5, 5.41) is 9.04. The van der Waals surface area contributed by atoms with E-state index in [1.54, 1.807) is 6.08 Å². The summed E-state index contributed by atoms with van der Waals surface area (Å²) in [6.45, 7) is 1.93. The van der Waals surface area contributed by atoms with Crippen molar-refractivity contribution in [2.45, 2.75) is 6.92 Å². The van der Waals surface area contributed by atoms with E-state index >= 15 is 0 Å². The maximum atomic E-state index is 10.2. The highest BCUT2D eigenvalue weighted by molar-refractivity contribution is 9.09. The van der Waals surface area contributed by atoms with Gasteiger partial charge in [-0.3, -0.25) is 0 Å². The number of alkyl halides is 1. The summed E-state index contributed by atoms with van der Waals surface area (Å²) in [7, 11) is 0. The molecule has 14 heavy (non-hydrogen) atoms. The predicted octanol–water partition coefficient (Wildman–Crippen LogP) is 3.08. The molecular weight excluding hydrogens is 244 g/mol. The number of carboxylic acids is 1. The summed E-state index contributed by atoms with van der Waals surface area (Å²) in [5.74, 6) is -0.936. The van der Waals surface area contributed by atoms with Crippen molar-refractivity contribution in [3.05, 3.63) is 48.1 Å². The second-order valence-corrected chi connectivity index (χ2v) is 3.02. The van der Waals surface area contributed by atoms with Crippen LogP contribution in [-0.4, -0.2) is 16.4 Å².